The number of anilines is 1. The van der Waals surface area contributed by atoms with Crippen molar-refractivity contribution in [3.8, 4) is 0 Å². The molecule has 1 atom stereocenters. The van der Waals surface area contributed by atoms with Crippen molar-refractivity contribution in [3.05, 3.63) is 17.6 Å². The molecule has 6 rings (SSSR count). The van der Waals surface area contributed by atoms with Crippen molar-refractivity contribution in [2.24, 2.45) is 23.2 Å². The van der Waals surface area contributed by atoms with Crippen LogP contribution in [0.2, 0.25) is 0 Å². The first kappa shape index (κ1) is 21.0. The van der Waals surface area contributed by atoms with E-state index in [0.29, 0.717) is 26.1 Å². The Morgan fingerprint density at radius 3 is 2.48 bits per heavy atom. The van der Waals surface area contributed by atoms with Crippen molar-refractivity contribution in [2.75, 3.05) is 18.4 Å². The molecular formula is C24H36N4O3. The first-order valence-corrected chi connectivity index (χ1v) is 11.9. The molecule has 7 nitrogen and oxygen atoms in total. The van der Waals surface area contributed by atoms with E-state index < -0.39 is 5.60 Å². The molecule has 4 fully saturated rings. The Labute approximate surface area is 185 Å². The van der Waals surface area contributed by atoms with Crippen LogP contribution in [0.5, 0.6) is 0 Å². The van der Waals surface area contributed by atoms with E-state index in [2.05, 4.69) is 15.3 Å². The lowest BCUT2D eigenvalue weighted by Crippen LogP contribution is -2.53. The number of fused-ring (bicyclic) bond motifs is 1. The van der Waals surface area contributed by atoms with Gasteiger partial charge in [-0.2, -0.15) is 0 Å². The molecule has 31 heavy (non-hydrogen) atoms. The van der Waals surface area contributed by atoms with E-state index in [0.717, 1.165) is 34.8 Å². The minimum Gasteiger partial charge on any atom is -0.444 e. The number of hydrogen-bond donors (Lipinski definition) is 2. The third-order valence-electron chi connectivity index (χ3n) is 7.91. The molecule has 5 aliphatic rings. The molecule has 0 saturated heterocycles. The number of nitrogens with one attached hydrogen (secondary N) is 1. The summed E-state index contributed by atoms with van der Waals surface area (Å²) in [5, 5.41) is 14.7. The fraction of sp³-hybridized carbons (Fsp3) is 0.792. The minimum atomic E-state index is -0.511. The van der Waals surface area contributed by atoms with Crippen molar-refractivity contribution in [1.29, 1.82) is 0 Å². The number of aliphatic hydroxyl groups excluding tert-OH is 1. The van der Waals surface area contributed by atoms with E-state index in [4.69, 9.17) is 4.74 Å². The highest BCUT2D eigenvalue weighted by Gasteiger charge is 2.53. The average Bonchev–Trinajstić information content (AvgIpc) is 2.69. The highest BCUT2D eigenvalue weighted by molar-refractivity contribution is 5.69. The number of aliphatic hydroxyl groups is 1. The molecule has 2 heterocycles. The normalized spacial score (nSPS) is 32.5. The van der Waals surface area contributed by atoms with Crippen molar-refractivity contribution in [2.45, 2.75) is 84.0 Å². The maximum Gasteiger partial charge on any atom is 0.410 e. The summed E-state index contributed by atoms with van der Waals surface area (Å²) in [4.78, 5) is 23.0. The molecule has 2 N–H and O–H groups in total. The summed E-state index contributed by atoms with van der Waals surface area (Å²) >= 11 is 0. The van der Waals surface area contributed by atoms with Gasteiger partial charge in [0.25, 0.3) is 0 Å². The summed E-state index contributed by atoms with van der Waals surface area (Å²) in [6.07, 6.45) is 9.31. The Bertz CT molecular complexity index is 814. The molecule has 1 aromatic heterocycles. The Balaban J connectivity index is 1.24. The van der Waals surface area contributed by atoms with Crippen LogP contribution >= 0.6 is 0 Å². The smallest absolute Gasteiger partial charge is 0.410 e. The van der Waals surface area contributed by atoms with Crippen LogP contribution in [0.1, 0.15) is 70.6 Å². The molecule has 1 aliphatic heterocycles. The Hall–Kier alpha value is -1.89. The first-order chi connectivity index (χ1) is 14.7. The van der Waals surface area contributed by atoms with E-state index >= 15 is 0 Å². The summed E-state index contributed by atoms with van der Waals surface area (Å²) in [6.45, 7) is 7.18. The minimum absolute atomic E-state index is 0.0996. The van der Waals surface area contributed by atoms with Crippen molar-refractivity contribution < 1.29 is 14.6 Å². The fourth-order valence-corrected chi connectivity index (χ4v) is 6.98. The average molecular weight is 429 g/mol. The van der Waals surface area contributed by atoms with Crippen molar-refractivity contribution >= 4 is 11.9 Å². The lowest BCUT2D eigenvalue weighted by Gasteiger charge is -2.58. The topological polar surface area (TPSA) is 87.6 Å². The SMILES string of the molecule is CC(C)(C)OC(=O)N1CCc2c(ncnc2NCC(O)C23CC4CC(CC(C4)C2)C3)C1. The standard InChI is InChI=1S/C24H36N4O3/c1-23(2,3)31-22(30)28-5-4-18-19(13-28)26-14-27-21(18)25-12-20(29)24-9-15-6-16(10-24)8-17(7-15)11-24/h14-17,20,29H,4-13H2,1-3H3,(H,25,26,27). The van der Waals surface area contributed by atoms with Gasteiger partial charge in [0.15, 0.2) is 0 Å². The third-order valence-corrected chi connectivity index (χ3v) is 7.91. The number of carbonyl (C=O) groups excluding carboxylic acids is 1. The van der Waals surface area contributed by atoms with Crippen LogP contribution < -0.4 is 5.32 Å². The second-order valence-electron chi connectivity index (χ2n) is 11.5. The second kappa shape index (κ2) is 7.61. The molecule has 4 saturated carbocycles. The lowest BCUT2D eigenvalue weighted by atomic mass is 9.48. The summed E-state index contributed by atoms with van der Waals surface area (Å²) in [5.74, 6) is 3.28. The van der Waals surface area contributed by atoms with Gasteiger partial charge in [-0.15, -0.1) is 0 Å². The van der Waals surface area contributed by atoms with Crippen LogP contribution in [0.4, 0.5) is 10.6 Å². The summed E-state index contributed by atoms with van der Waals surface area (Å²) < 4.78 is 5.51. The van der Waals surface area contributed by atoms with Gasteiger partial charge >= 0.3 is 6.09 Å². The summed E-state index contributed by atoms with van der Waals surface area (Å²) in [7, 11) is 0. The highest BCUT2D eigenvalue weighted by atomic mass is 16.6. The number of nitrogens with zero attached hydrogens (tertiary/aromatic N) is 3. The van der Waals surface area contributed by atoms with E-state index in [1.807, 2.05) is 20.8 Å². The van der Waals surface area contributed by atoms with E-state index in [1.54, 1.807) is 11.2 Å². The van der Waals surface area contributed by atoms with Gasteiger partial charge in [-0.3, -0.25) is 0 Å². The molecule has 1 aromatic rings. The monoisotopic (exact) mass is 428 g/mol. The maximum absolute atomic E-state index is 12.4. The van der Waals surface area contributed by atoms with Crippen LogP contribution in [0.25, 0.3) is 0 Å². The number of carbonyl (C=O) groups is 1. The first-order valence-electron chi connectivity index (χ1n) is 11.9. The number of rotatable bonds is 4. The van der Waals surface area contributed by atoms with Crippen molar-refractivity contribution in [1.82, 2.24) is 14.9 Å². The third kappa shape index (κ3) is 4.13. The molecule has 1 amide bonds. The largest absolute Gasteiger partial charge is 0.444 e. The highest BCUT2D eigenvalue weighted by Crippen LogP contribution is 2.61. The summed E-state index contributed by atoms with van der Waals surface area (Å²) in [5.41, 5.74) is 1.50. The quantitative estimate of drug-likeness (QED) is 0.759. The predicted molar refractivity (Wildman–Crippen MR) is 117 cm³/mol. The molecule has 4 aliphatic carbocycles. The van der Waals surface area contributed by atoms with Gasteiger partial charge in [-0.05, 0) is 88.9 Å². The van der Waals surface area contributed by atoms with Gasteiger partial charge in [-0.1, -0.05) is 0 Å². The number of ether oxygens (including phenoxy) is 1. The fourth-order valence-electron chi connectivity index (χ4n) is 6.98. The van der Waals surface area contributed by atoms with E-state index in [9.17, 15) is 9.90 Å². The number of aromatic nitrogens is 2. The van der Waals surface area contributed by atoms with Crippen LogP contribution in [-0.2, 0) is 17.7 Å². The van der Waals surface area contributed by atoms with Crippen LogP contribution in [0.15, 0.2) is 6.33 Å². The Morgan fingerprint density at radius 2 is 1.87 bits per heavy atom. The summed E-state index contributed by atoms with van der Waals surface area (Å²) in [6, 6.07) is 0. The van der Waals surface area contributed by atoms with Gasteiger partial charge in [-0.25, -0.2) is 14.8 Å². The predicted octanol–water partition coefficient (Wildman–Crippen LogP) is 3.76. The maximum atomic E-state index is 12.4. The van der Waals surface area contributed by atoms with Crippen LogP contribution in [0.3, 0.4) is 0 Å². The van der Waals surface area contributed by atoms with Gasteiger partial charge in [0.1, 0.15) is 17.7 Å². The Kier molecular flexibility index (Phi) is 5.15. The van der Waals surface area contributed by atoms with Crippen molar-refractivity contribution in [3.63, 3.8) is 0 Å². The van der Waals surface area contributed by atoms with Gasteiger partial charge in [0, 0.05) is 18.7 Å². The lowest BCUT2D eigenvalue weighted by molar-refractivity contribution is -0.115. The molecule has 0 spiro atoms. The van der Waals surface area contributed by atoms with Gasteiger partial charge in [0.05, 0.1) is 18.3 Å². The van der Waals surface area contributed by atoms with Gasteiger partial charge in [0.2, 0.25) is 0 Å². The Morgan fingerprint density at radius 1 is 1.23 bits per heavy atom. The second-order valence-corrected chi connectivity index (χ2v) is 11.5. The van der Waals surface area contributed by atoms with Gasteiger partial charge < -0.3 is 20.1 Å². The molecule has 0 aromatic carbocycles. The molecular weight excluding hydrogens is 392 g/mol. The molecule has 170 valence electrons. The van der Waals surface area contributed by atoms with Crippen LogP contribution in [0, 0.1) is 23.2 Å². The zero-order valence-corrected chi connectivity index (χ0v) is 19.1. The zero-order chi connectivity index (χ0) is 21.8. The van der Waals surface area contributed by atoms with E-state index in [1.165, 1.54) is 38.5 Å². The van der Waals surface area contributed by atoms with E-state index in [-0.39, 0.29) is 17.6 Å². The molecule has 0 radical (unpaired) electrons. The molecule has 4 bridgehead atoms. The number of amides is 1. The number of hydrogen-bond acceptors (Lipinski definition) is 6. The van der Waals surface area contributed by atoms with Crippen LogP contribution in [-0.4, -0.2) is 50.9 Å². The molecule has 1 unspecified atom stereocenters. The zero-order valence-electron chi connectivity index (χ0n) is 19.1. The molecule has 7 heteroatoms.